The minimum absolute atomic E-state index is 0.0610. The van der Waals surface area contributed by atoms with Crippen LogP contribution in [0, 0.1) is 11.8 Å². The predicted molar refractivity (Wildman–Crippen MR) is 72.0 cm³/mol. The number of aromatic nitrogens is 1. The van der Waals surface area contributed by atoms with Crippen molar-refractivity contribution in [1.82, 2.24) is 10.3 Å². The molecule has 0 fully saturated rings. The lowest BCUT2D eigenvalue weighted by molar-refractivity contribution is 0.0535. The second-order valence-corrected chi connectivity index (χ2v) is 5.05. The fourth-order valence-electron chi connectivity index (χ4n) is 1.08. The summed E-state index contributed by atoms with van der Waals surface area (Å²) in [6.07, 6.45) is -0.551. The van der Waals surface area contributed by atoms with Crippen molar-refractivity contribution in [2.75, 3.05) is 6.54 Å². The highest BCUT2D eigenvalue weighted by Gasteiger charge is 2.15. The van der Waals surface area contributed by atoms with Gasteiger partial charge >= 0.3 is 6.09 Å². The van der Waals surface area contributed by atoms with Crippen LogP contribution in [0.2, 0.25) is 5.15 Å². The lowest BCUT2D eigenvalue weighted by Gasteiger charge is -2.18. The van der Waals surface area contributed by atoms with E-state index in [0.717, 1.165) is 0 Å². The SMILES string of the molecule is CC(C)(C)OC(=O)NCC#Cc1nc(Cl)ccc1O. The van der Waals surface area contributed by atoms with Crippen molar-refractivity contribution < 1.29 is 14.6 Å². The highest BCUT2D eigenvalue weighted by atomic mass is 35.5. The van der Waals surface area contributed by atoms with Crippen molar-refractivity contribution in [3.05, 3.63) is 23.0 Å². The maximum atomic E-state index is 11.3. The summed E-state index contributed by atoms with van der Waals surface area (Å²) in [6, 6.07) is 2.86. The van der Waals surface area contributed by atoms with E-state index >= 15 is 0 Å². The molecule has 1 amide bonds. The van der Waals surface area contributed by atoms with Gasteiger partial charge in [-0.1, -0.05) is 17.5 Å². The number of alkyl carbamates (subject to hydrolysis) is 1. The van der Waals surface area contributed by atoms with Gasteiger partial charge < -0.3 is 15.2 Å². The summed E-state index contributed by atoms with van der Waals surface area (Å²) < 4.78 is 5.03. The molecule has 0 radical (unpaired) electrons. The molecule has 1 aromatic rings. The number of carbonyl (C=O) groups excluding carboxylic acids is 1. The number of hydrogen-bond donors (Lipinski definition) is 2. The van der Waals surface area contributed by atoms with E-state index < -0.39 is 11.7 Å². The summed E-state index contributed by atoms with van der Waals surface area (Å²) >= 11 is 5.67. The molecular formula is C13H15ClN2O3. The van der Waals surface area contributed by atoms with Gasteiger partial charge in [-0.3, -0.25) is 0 Å². The molecule has 2 N–H and O–H groups in total. The molecule has 0 saturated carbocycles. The summed E-state index contributed by atoms with van der Waals surface area (Å²) in [5.41, 5.74) is -0.386. The lowest BCUT2D eigenvalue weighted by atomic mass is 10.2. The van der Waals surface area contributed by atoms with Gasteiger partial charge in [0, 0.05) is 0 Å². The average molecular weight is 283 g/mol. The molecule has 5 nitrogen and oxygen atoms in total. The van der Waals surface area contributed by atoms with Crippen LogP contribution < -0.4 is 5.32 Å². The number of halogens is 1. The Labute approximate surface area is 116 Å². The molecule has 0 spiro atoms. The molecule has 1 rings (SSSR count). The normalized spacial score (nSPS) is 10.3. The first-order valence-corrected chi connectivity index (χ1v) is 5.97. The zero-order valence-electron chi connectivity index (χ0n) is 11.0. The van der Waals surface area contributed by atoms with E-state index in [1.165, 1.54) is 12.1 Å². The zero-order chi connectivity index (χ0) is 14.5. The third kappa shape index (κ3) is 5.98. The molecule has 0 aliphatic heterocycles. The number of aromatic hydroxyl groups is 1. The largest absolute Gasteiger partial charge is 0.505 e. The molecule has 0 unspecified atom stereocenters. The van der Waals surface area contributed by atoms with Crippen LogP contribution in [0.25, 0.3) is 0 Å². The van der Waals surface area contributed by atoms with Crippen LogP contribution in [0.5, 0.6) is 5.75 Å². The molecular weight excluding hydrogens is 268 g/mol. The topological polar surface area (TPSA) is 71.5 Å². The third-order valence-electron chi connectivity index (χ3n) is 1.77. The second-order valence-electron chi connectivity index (χ2n) is 4.66. The van der Waals surface area contributed by atoms with Gasteiger partial charge in [0.2, 0.25) is 0 Å². The smallest absolute Gasteiger partial charge is 0.408 e. The number of nitrogens with one attached hydrogen (secondary N) is 1. The first-order chi connectivity index (χ1) is 8.78. The van der Waals surface area contributed by atoms with E-state index in [4.69, 9.17) is 16.3 Å². The molecule has 19 heavy (non-hydrogen) atoms. The van der Waals surface area contributed by atoms with E-state index in [2.05, 4.69) is 22.1 Å². The Balaban J connectivity index is 2.52. The van der Waals surface area contributed by atoms with Crippen LogP contribution in [0.3, 0.4) is 0 Å². The highest BCUT2D eigenvalue weighted by Crippen LogP contribution is 2.15. The molecule has 6 heteroatoms. The van der Waals surface area contributed by atoms with Gasteiger partial charge in [0.05, 0.1) is 6.54 Å². The van der Waals surface area contributed by atoms with Crippen molar-refractivity contribution in [1.29, 1.82) is 0 Å². The molecule has 0 saturated heterocycles. The third-order valence-corrected chi connectivity index (χ3v) is 1.98. The molecule has 0 bridgehead atoms. The number of nitrogens with zero attached hydrogens (tertiary/aromatic N) is 1. The standard InChI is InChI=1S/C13H15ClN2O3/c1-13(2,3)19-12(18)15-8-4-5-9-10(17)6-7-11(14)16-9/h6-7,17H,8H2,1-3H3,(H,15,18). The van der Waals surface area contributed by atoms with Gasteiger partial charge in [-0.05, 0) is 38.8 Å². The molecule has 0 aromatic carbocycles. The van der Waals surface area contributed by atoms with Crippen LogP contribution >= 0.6 is 11.6 Å². The molecule has 0 aliphatic carbocycles. The van der Waals surface area contributed by atoms with E-state index in [0.29, 0.717) is 0 Å². The first kappa shape index (κ1) is 15.1. The quantitative estimate of drug-likeness (QED) is 0.612. The Bertz CT molecular complexity index is 527. The fourth-order valence-corrected chi connectivity index (χ4v) is 1.23. The molecule has 1 heterocycles. The average Bonchev–Trinajstić information content (AvgIpc) is 2.26. The number of hydrogen-bond acceptors (Lipinski definition) is 4. The minimum atomic E-state index is -0.551. The number of carbonyl (C=O) groups is 1. The van der Waals surface area contributed by atoms with Crippen molar-refractivity contribution >= 4 is 17.7 Å². The van der Waals surface area contributed by atoms with E-state index in [-0.39, 0.29) is 23.1 Å². The molecule has 0 atom stereocenters. The van der Waals surface area contributed by atoms with Crippen molar-refractivity contribution in [3.8, 4) is 17.6 Å². The summed E-state index contributed by atoms with van der Waals surface area (Å²) in [4.78, 5) is 15.2. The van der Waals surface area contributed by atoms with Crippen LogP contribution in [0.15, 0.2) is 12.1 Å². The van der Waals surface area contributed by atoms with Crippen LogP contribution in [-0.4, -0.2) is 28.3 Å². The number of pyridine rings is 1. The molecule has 1 aromatic heterocycles. The lowest BCUT2D eigenvalue weighted by Crippen LogP contribution is -2.32. The second kappa shape index (κ2) is 6.30. The van der Waals surface area contributed by atoms with E-state index in [9.17, 15) is 9.90 Å². The molecule has 102 valence electrons. The van der Waals surface area contributed by atoms with Crippen LogP contribution in [-0.2, 0) is 4.74 Å². The van der Waals surface area contributed by atoms with Gasteiger partial charge in [-0.15, -0.1) is 0 Å². The van der Waals surface area contributed by atoms with Gasteiger partial charge in [-0.25, -0.2) is 9.78 Å². The Morgan fingerprint density at radius 2 is 2.21 bits per heavy atom. The summed E-state index contributed by atoms with van der Waals surface area (Å²) in [7, 11) is 0. The van der Waals surface area contributed by atoms with E-state index in [1.807, 2.05) is 0 Å². The number of amides is 1. The van der Waals surface area contributed by atoms with E-state index in [1.54, 1.807) is 20.8 Å². The first-order valence-electron chi connectivity index (χ1n) is 5.59. The molecule has 0 aliphatic rings. The Hall–Kier alpha value is -1.93. The van der Waals surface area contributed by atoms with Gasteiger partial charge in [0.25, 0.3) is 0 Å². The van der Waals surface area contributed by atoms with Crippen LogP contribution in [0.1, 0.15) is 26.5 Å². The minimum Gasteiger partial charge on any atom is -0.505 e. The maximum Gasteiger partial charge on any atom is 0.408 e. The number of rotatable bonds is 1. The Morgan fingerprint density at radius 1 is 1.53 bits per heavy atom. The van der Waals surface area contributed by atoms with Crippen molar-refractivity contribution in [2.24, 2.45) is 0 Å². The predicted octanol–water partition coefficient (Wildman–Crippen LogP) is 2.32. The zero-order valence-corrected chi connectivity index (χ0v) is 11.7. The monoisotopic (exact) mass is 282 g/mol. The highest BCUT2D eigenvalue weighted by molar-refractivity contribution is 6.29. The summed E-state index contributed by atoms with van der Waals surface area (Å²) in [5, 5.41) is 12.2. The fraction of sp³-hybridized carbons (Fsp3) is 0.385. The summed E-state index contributed by atoms with van der Waals surface area (Å²) in [6.45, 7) is 5.40. The number of ether oxygens (including phenoxy) is 1. The maximum absolute atomic E-state index is 11.3. The Kier molecular flexibility index (Phi) is 5.02. The van der Waals surface area contributed by atoms with Crippen LogP contribution in [0.4, 0.5) is 4.79 Å². The van der Waals surface area contributed by atoms with Crippen molar-refractivity contribution in [3.63, 3.8) is 0 Å². The van der Waals surface area contributed by atoms with Gasteiger partial charge in [0.1, 0.15) is 16.5 Å². The Morgan fingerprint density at radius 3 is 2.84 bits per heavy atom. The van der Waals surface area contributed by atoms with Crippen molar-refractivity contribution in [2.45, 2.75) is 26.4 Å². The van der Waals surface area contributed by atoms with Gasteiger partial charge in [-0.2, -0.15) is 0 Å². The van der Waals surface area contributed by atoms with Gasteiger partial charge in [0.15, 0.2) is 5.69 Å². The summed E-state index contributed by atoms with van der Waals surface area (Å²) in [5.74, 6) is 5.19.